The maximum atomic E-state index is 12.1. The van der Waals surface area contributed by atoms with Gasteiger partial charge in [0.2, 0.25) is 0 Å². The first-order chi connectivity index (χ1) is 15.7. The van der Waals surface area contributed by atoms with Gasteiger partial charge in [-0.25, -0.2) is 0 Å². The van der Waals surface area contributed by atoms with Gasteiger partial charge in [0, 0.05) is 6.42 Å². The summed E-state index contributed by atoms with van der Waals surface area (Å²) in [6.45, 7) is 7.42. The standard InChI is InChI=1S/C30H58O2/c1-4-7-10-12-13-14-15-16-17-18-19-20-21-22-24-27-30(31)32-28-29(25-9-6-3)26-23-11-8-5-2/h16-17,29H,4-15,18-28H2,1-3H3/b17-16-. The van der Waals surface area contributed by atoms with Crippen molar-refractivity contribution >= 4 is 5.97 Å². The van der Waals surface area contributed by atoms with Crippen LogP contribution in [0.5, 0.6) is 0 Å². The first-order valence-corrected chi connectivity index (χ1v) is 14.5. The second-order valence-corrected chi connectivity index (χ2v) is 9.87. The van der Waals surface area contributed by atoms with E-state index in [0.717, 1.165) is 12.8 Å². The first-order valence-electron chi connectivity index (χ1n) is 14.5. The third-order valence-corrected chi connectivity index (χ3v) is 6.55. The van der Waals surface area contributed by atoms with Crippen LogP contribution in [0.3, 0.4) is 0 Å². The summed E-state index contributed by atoms with van der Waals surface area (Å²) in [4.78, 5) is 12.1. The molecule has 0 aromatic rings. The molecule has 0 aromatic heterocycles. The smallest absolute Gasteiger partial charge is 0.305 e. The molecule has 0 fully saturated rings. The van der Waals surface area contributed by atoms with Gasteiger partial charge in [0.1, 0.15) is 0 Å². The van der Waals surface area contributed by atoms with E-state index in [1.807, 2.05) is 0 Å². The van der Waals surface area contributed by atoms with Crippen molar-refractivity contribution in [1.29, 1.82) is 0 Å². The molecule has 0 saturated heterocycles. The number of esters is 1. The molecular formula is C30H58O2. The normalized spacial score (nSPS) is 12.5. The lowest BCUT2D eigenvalue weighted by Gasteiger charge is -2.16. The topological polar surface area (TPSA) is 26.3 Å². The molecule has 1 atom stereocenters. The maximum absolute atomic E-state index is 12.1. The number of allylic oxidation sites excluding steroid dienone is 2. The Kier molecular flexibility index (Phi) is 25.8. The minimum atomic E-state index is 0.0256. The molecule has 0 rings (SSSR count). The van der Waals surface area contributed by atoms with Crippen molar-refractivity contribution < 1.29 is 9.53 Å². The number of carbonyl (C=O) groups excluding carboxylic acids is 1. The summed E-state index contributed by atoms with van der Waals surface area (Å²) in [5.41, 5.74) is 0. The molecule has 0 saturated carbocycles. The van der Waals surface area contributed by atoms with Crippen LogP contribution in [-0.4, -0.2) is 12.6 Å². The number of unbranched alkanes of at least 4 members (excludes halogenated alkanes) is 15. The van der Waals surface area contributed by atoms with E-state index in [4.69, 9.17) is 4.74 Å². The number of carbonyl (C=O) groups is 1. The van der Waals surface area contributed by atoms with Crippen LogP contribution in [0.4, 0.5) is 0 Å². The van der Waals surface area contributed by atoms with Crippen molar-refractivity contribution in [1.82, 2.24) is 0 Å². The van der Waals surface area contributed by atoms with E-state index < -0.39 is 0 Å². The quantitative estimate of drug-likeness (QED) is 0.0785. The minimum absolute atomic E-state index is 0.0256. The molecule has 0 spiro atoms. The Morgan fingerprint density at radius 1 is 0.594 bits per heavy atom. The van der Waals surface area contributed by atoms with E-state index in [2.05, 4.69) is 32.9 Å². The van der Waals surface area contributed by atoms with Crippen molar-refractivity contribution in [3.05, 3.63) is 12.2 Å². The predicted octanol–water partition coefficient (Wildman–Crippen LogP) is 10.3. The molecule has 32 heavy (non-hydrogen) atoms. The van der Waals surface area contributed by atoms with Gasteiger partial charge in [0.25, 0.3) is 0 Å². The average Bonchev–Trinajstić information content (AvgIpc) is 2.80. The number of hydrogen-bond donors (Lipinski definition) is 0. The van der Waals surface area contributed by atoms with Gasteiger partial charge in [0.05, 0.1) is 6.61 Å². The molecule has 0 aliphatic carbocycles. The monoisotopic (exact) mass is 450 g/mol. The van der Waals surface area contributed by atoms with Gasteiger partial charge in [-0.2, -0.15) is 0 Å². The number of hydrogen-bond acceptors (Lipinski definition) is 2. The van der Waals surface area contributed by atoms with Crippen molar-refractivity contribution in [2.45, 2.75) is 162 Å². The molecule has 0 N–H and O–H groups in total. The molecule has 0 aromatic carbocycles. The van der Waals surface area contributed by atoms with E-state index in [0.29, 0.717) is 18.9 Å². The molecule has 190 valence electrons. The van der Waals surface area contributed by atoms with E-state index >= 15 is 0 Å². The zero-order valence-corrected chi connectivity index (χ0v) is 22.3. The number of ether oxygens (including phenoxy) is 1. The summed E-state index contributed by atoms with van der Waals surface area (Å²) in [6, 6.07) is 0. The molecule has 0 heterocycles. The van der Waals surface area contributed by atoms with Crippen molar-refractivity contribution in [2.24, 2.45) is 5.92 Å². The maximum Gasteiger partial charge on any atom is 0.305 e. The Hall–Kier alpha value is -0.790. The van der Waals surface area contributed by atoms with Crippen LogP contribution >= 0.6 is 0 Å². The summed E-state index contributed by atoms with van der Waals surface area (Å²) in [5.74, 6) is 0.600. The van der Waals surface area contributed by atoms with Crippen LogP contribution in [0.2, 0.25) is 0 Å². The van der Waals surface area contributed by atoms with Crippen LogP contribution in [0.1, 0.15) is 162 Å². The molecule has 2 heteroatoms. The third-order valence-electron chi connectivity index (χ3n) is 6.55. The second kappa shape index (κ2) is 26.5. The Labute approximate surface area is 202 Å². The lowest BCUT2D eigenvalue weighted by Crippen LogP contribution is -2.14. The average molecular weight is 451 g/mol. The van der Waals surface area contributed by atoms with Gasteiger partial charge < -0.3 is 4.74 Å². The summed E-state index contributed by atoms with van der Waals surface area (Å²) >= 11 is 0. The third kappa shape index (κ3) is 23.9. The van der Waals surface area contributed by atoms with Gasteiger partial charge in [-0.15, -0.1) is 0 Å². The molecule has 1 unspecified atom stereocenters. The lowest BCUT2D eigenvalue weighted by atomic mass is 9.96. The van der Waals surface area contributed by atoms with E-state index in [1.54, 1.807) is 0 Å². The van der Waals surface area contributed by atoms with Gasteiger partial charge in [-0.05, 0) is 50.9 Å². The fourth-order valence-electron chi connectivity index (χ4n) is 4.29. The van der Waals surface area contributed by atoms with Crippen molar-refractivity contribution in [2.75, 3.05) is 6.61 Å². The molecule has 2 nitrogen and oxygen atoms in total. The van der Waals surface area contributed by atoms with E-state index in [9.17, 15) is 4.79 Å². The molecule has 0 aliphatic heterocycles. The largest absolute Gasteiger partial charge is 0.465 e. The predicted molar refractivity (Wildman–Crippen MR) is 142 cm³/mol. The fourth-order valence-corrected chi connectivity index (χ4v) is 4.29. The van der Waals surface area contributed by atoms with Crippen LogP contribution in [0, 0.1) is 5.92 Å². The van der Waals surface area contributed by atoms with Crippen molar-refractivity contribution in [3.8, 4) is 0 Å². The SMILES string of the molecule is CCCCCCCC/C=C\CCCCCCCC(=O)OCC(CCCC)CCCCCC. The van der Waals surface area contributed by atoms with E-state index in [1.165, 1.54) is 122 Å². The highest BCUT2D eigenvalue weighted by atomic mass is 16.5. The first kappa shape index (κ1) is 31.2. The summed E-state index contributed by atoms with van der Waals surface area (Å²) < 4.78 is 5.63. The zero-order chi connectivity index (χ0) is 23.5. The van der Waals surface area contributed by atoms with Crippen LogP contribution < -0.4 is 0 Å². The molecule has 0 aliphatic rings. The van der Waals surface area contributed by atoms with Gasteiger partial charge >= 0.3 is 5.97 Å². The Bertz CT molecular complexity index is 402. The molecule has 0 amide bonds. The Morgan fingerprint density at radius 2 is 1.06 bits per heavy atom. The number of rotatable bonds is 25. The summed E-state index contributed by atoms with van der Waals surface area (Å²) in [5, 5.41) is 0. The van der Waals surface area contributed by atoms with Gasteiger partial charge in [-0.3, -0.25) is 4.79 Å². The Balaban J connectivity index is 3.55. The fraction of sp³-hybridized carbons (Fsp3) is 0.900. The lowest BCUT2D eigenvalue weighted by molar-refractivity contribution is -0.145. The Morgan fingerprint density at radius 3 is 1.66 bits per heavy atom. The van der Waals surface area contributed by atoms with Crippen molar-refractivity contribution in [3.63, 3.8) is 0 Å². The highest BCUT2D eigenvalue weighted by Gasteiger charge is 2.11. The highest BCUT2D eigenvalue weighted by molar-refractivity contribution is 5.69. The minimum Gasteiger partial charge on any atom is -0.465 e. The van der Waals surface area contributed by atoms with Crippen LogP contribution in [0.15, 0.2) is 12.2 Å². The van der Waals surface area contributed by atoms with Gasteiger partial charge in [-0.1, -0.05) is 123 Å². The van der Waals surface area contributed by atoms with Crippen LogP contribution in [-0.2, 0) is 9.53 Å². The zero-order valence-electron chi connectivity index (χ0n) is 22.3. The van der Waals surface area contributed by atoms with Crippen LogP contribution in [0.25, 0.3) is 0 Å². The summed E-state index contributed by atoms with van der Waals surface area (Å²) in [6.07, 6.45) is 32.2. The van der Waals surface area contributed by atoms with E-state index in [-0.39, 0.29) is 5.97 Å². The highest BCUT2D eigenvalue weighted by Crippen LogP contribution is 2.18. The van der Waals surface area contributed by atoms with Gasteiger partial charge in [0.15, 0.2) is 0 Å². The summed E-state index contributed by atoms with van der Waals surface area (Å²) in [7, 11) is 0. The molecular weight excluding hydrogens is 392 g/mol. The molecule has 0 bridgehead atoms. The second-order valence-electron chi connectivity index (χ2n) is 9.87. The molecule has 0 radical (unpaired) electrons.